The molecule has 2 fully saturated rings. The molecule has 3 nitrogen and oxygen atoms in total. The van der Waals surface area contributed by atoms with Crippen LogP contribution in [-0.2, 0) is 6.54 Å². The topological polar surface area (TPSA) is 28.2 Å². The number of nitrogens with zero attached hydrogens (tertiary/aromatic N) is 2. The summed E-state index contributed by atoms with van der Waals surface area (Å²) in [5.74, 6) is 1.97. The molecule has 0 bridgehead atoms. The van der Waals surface area contributed by atoms with Gasteiger partial charge in [-0.05, 0) is 57.2 Å². The molecule has 1 N–H and O–H groups in total. The second-order valence-electron chi connectivity index (χ2n) is 6.27. The normalized spacial score (nSPS) is 24.4. The summed E-state index contributed by atoms with van der Waals surface area (Å²) in [7, 11) is 0. The summed E-state index contributed by atoms with van der Waals surface area (Å²) in [6.45, 7) is 5.34. The molecule has 20 heavy (non-hydrogen) atoms. The van der Waals surface area contributed by atoms with E-state index >= 15 is 0 Å². The lowest BCUT2D eigenvalue weighted by Gasteiger charge is -2.29. The van der Waals surface area contributed by atoms with Crippen LogP contribution < -0.4 is 5.32 Å². The maximum Gasteiger partial charge on any atom is 0.126 e. The van der Waals surface area contributed by atoms with Crippen molar-refractivity contribution in [1.82, 2.24) is 9.88 Å². The average molecular weight is 273 g/mol. The standard InChI is InChI=1S/C17H27N3/c1-2-18-17-11-5-9-15(19-17)13-20-12-6-10-16(20)14-7-3-4-8-14/h5,9,11,14,16H,2-4,6-8,10,12-13H2,1H3,(H,18,19). The van der Waals surface area contributed by atoms with Crippen LogP contribution in [0.4, 0.5) is 5.82 Å². The lowest BCUT2D eigenvalue weighted by molar-refractivity contribution is 0.181. The molecule has 2 heterocycles. The van der Waals surface area contributed by atoms with Crippen molar-refractivity contribution in [1.29, 1.82) is 0 Å². The molecule has 2 aliphatic rings. The van der Waals surface area contributed by atoms with E-state index in [1.165, 1.54) is 50.8 Å². The number of rotatable bonds is 5. The van der Waals surface area contributed by atoms with Crippen molar-refractivity contribution in [3.05, 3.63) is 23.9 Å². The highest BCUT2D eigenvalue weighted by Crippen LogP contribution is 2.35. The van der Waals surface area contributed by atoms with E-state index in [0.717, 1.165) is 30.9 Å². The van der Waals surface area contributed by atoms with Gasteiger partial charge in [-0.25, -0.2) is 4.98 Å². The molecule has 1 aromatic rings. The number of likely N-dealkylation sites (tertiary alicyclic amines) is 1. The van der Waals surface area contributed by atoms with Crippen LogP contribution in [0.1, 0.15) is 51.1 Å². The highest BCUT2D eigenvalue weighted by Gasteiger charge is 2.33. The zero-order chi connectivity index (χ0) is 13.8. The molecule has 1 aromatic heterocycles. The Morgan fingerprint density at radius 3 is 2.85 bits per heavy atom. The molecule has 0 amide bonds. The molecule has 0 radical (unpaired) electrons. The number of pyridine rings is 1. The molecule has 1 aliphatic carbocycles. The van der Waals surface area contributed by atoms with Crippen molar-refractivity contribution in [3.8, 4) is 0 Å². The van der Waals surface area contributed by atoms with Gasteiger partial charge < -0.3 is 5.32 Å². The first-order valence-electron chi connectivity index (χ1n) is 8.30. The second kappa shape index (κ2) is 6.57. The molecule has 1 unspecified atom stereocenters. The van der Waals surface area contributed by atoms with E-state index in [-0.39, 0.29) is 0 Å². The first-order chi connectivity index (χ1) is 9.86. The molecule has 3 heteroatoms. The van der Waals surface area contributed by atoms with Crippen LogP contribution in [0.25, 0.3) is 0 Å². The monoisotopic (exact) mass is 273 g/mol. The van der Waals surface area contributed by atoms with Gasteiger partial charge in [0.1, 0.15) is 5.82 Å². The SMILES string of the molecule is CCNc1cccc(CN2CCCC2C2CCCC2)n1. The van der Waals surface area contributed by atoms with E-state index in [2.05, 4.69) is 35.3 Å². The van der Waals surface area contributed by atoms with E-state index in [4.69, 9.17) is 4.98 Å². The van der Waals surface area contributed by atoms with Crippen LogP contribution in [0.15, 0.2) is 18.2 Å². The minimum absolute atomic E-state index is 0.821. The molecular weight excluding hydrogens is 246 g/mol. The fraction of sp³-hybridized carbons (Fsp3) is 0.706. The van der Waals surface area contributed by atoms with E-state index in [1.54, 1.807) is 0 Å². The summed E-state index contributed by atoms with van der Waals surface area (Å²) in [5.41, 5.74) is 1.22. The summed E-state index contributed by atoms with van der Waals surface area (Å²) in [4.78, 5) is 7.42. The van der Waals surface area contributed by atoms with Crippen molar-refractivity contribution >= 4 is 5.82 Å². The first kappa shape index (κ1) is 13.9. The first-order valence-corrected chi connectivity index (χ1v) is 8.30. The van der Waals surface area contributed by atoms with Gasteiger partial charge in [0.15, 0.2) is 0 Å². The Hall–Kier alpha value is -1.09. The van der Waals surface area contributed by atoms with Crippen molar-refractivity contribution in [2.45, 2.75) is 58.0 Å². The van der Waals surface area contributed by atoms with E-state index in [1.807, 2.05) is 0 Å². The number of aromatic nitrogens is 1. The zero-order valence-corrected chi connectivity index (χ0v) is 12.6. The van der Waals surface area contributed by atoms with Crippen molar-refractivity contribution in [3.63, 3.8) is 0 Å². The highest BCUT2D eigenvalue weighted by molar-refractivity contribution is 5.35. The summed E-state index contributed by atoms with van der Waals surface area (Å²) in [6.07, 6.45) is 8.57. The van der Waals surface area contributed by atoms with Gasteiger partial charge in [-0.3, -0.25) is 4.90 Å². The van der Waals surface area contributed by atoms with Gasteiger partial charge in [0.25, 0.3) is 0 Å². The van der Waals surface area contributed by atoms with Crippen LogP contribution in [0, 0.1) is 5.92 Å². The van der Waals surface area contributed by atoms with Crippen molar-refractivity contribution in [2.75, 3.05) is 18.4 Å². The van der Waals surface area contributed by atoms with E-state index in [0.29, 0.717) is 0 Å². The molecule has 110 valence electrons. The summed E-state index contributed by atoms with van der Waals surface area (Å²) in [5, 5.41) is 3.31. The van der Waals surface area contributed by atoms with Crippen molar-refractivity contribution in [2.24, 2.45) is 5.92 Å². The molecule has 1 saturated carbocycles. The van der Waals surface area contributed by atoms with Gasteiger partial charge in [0.2, 0.25) is 0 Å². The quantitative estimate of drug-likeness (QED) is 0.887. The van der Waals surface area contributed by atoms with Crippen molar-refractivity contribution < 1.29 is 0 Å². The van der Waals surface area contributed by atoms with Crippen LogP contribution in [0.5, 0.6) is 0 Å². The zero-order valence-electron chi connectivity index (χ0n) is 12.6. The van der Waals surface area contributed by atoms with Crippen LogP contribution in [0.2, 0.25) is 0 Å². The van der Waals surface area contributed by atoms with Crippen LogP contribution in [-0.4, -0.2) is 29.0 Å². The number of hydrogen-bond acceptors (Lipinski definition) is 3. The maximum absolute atomic E-state index is 4.73. The predicted molar refractivity (Wildman–Crippen MR) is 83.8 cm³/mol. The maximum atomic E-state index is 4.73. The van der Waals surface area contributed by atoms with Gasteiger partial charge in [-0.2, -0.15) is 0 Å². The Balaban J connectivity index is 1.65. The number of nitrogens with one attached hydrogen (secondary N) is 1. The van der Waals surface area contributed by atoms with Crippen LogP contribution in [0.3, 0.4) is 0 Å². The molecule has 1 saturated heterocycles. The Bertz CT molecular complexity index is 426. The van der Waals surface area contributed by atoms with Gasteiger partial charge in [-0.1, -0.05) is 18.9 Å². The smallest absolute Gasteiger partial charge is 0.126 e. The lowest BCUT2D eigenvalue weighted by Crippen LogP contribution is -2.34. The van der Waals surface area contributed by atoms with Gasteiger partial charge >= 0.3 is 0 Å². The van der Waals surface area contributed by atoms with Gasteiger partial charge in [0.05, 0.1) is 5.69 Å². The molecule has 0 spiro atoms. The third-order valence-electron chi connectivity index (χ3n) is 4.89. The Morgan fingerprint density at radius 1 is 1.20 bits per heavy atom. The third-order valence-corrected chi connectivity index (χ3v) is 4.89. The number of hydrogen-bond donors (Lipinski definition) is 1. The fourth-order valence-corrected chi connectivity index (χ4v) is 3.98. The predicted octanol–water partition coefficient (Wildman–Crippen LogP) is 3.67. The molecular formula is C17H27N3. The second-order valence-corrected chi connectivity index (χ2v) is 6.27. The minimum atomic E-state index is 0.821. The summed E-state index contributed by atoms with van der Waals surface area (Å²) < 4.78 is 0. The highest BCUT2D eigenvalue weighted by atomic mass is 15.2. The van der Waals surface area contributed by atoms with E-state index < -0.39 is 0 Å². The molecule has 1 aliphatic heterocycles. The Kier molecular flexibility index (Phi) is 4.56. The fourth-order valence-electron chi connectivity index (χ4n) is 3.98. The average Bonchev–Trinajstić information content (AvgIpc) is 3.10. The Morgan fingerprint density at radius 2 is 2.05 bits per heavy atom. The number of anilines is 1. The molecule has 3 rings (SSSR count). The Labute approximate surface area is 122 Å². The lowest BCUT2D eigenvalue weighted by atomic mass is 9.96. The minimum Gasteiger partial charge on any atom is -0.370 e. The summed E-state index contributed by atoms with van der Waals surface area (Å²) >= 11 is 0. The largest absolute Gasteiger partial charge is 0.370 e. The van der Waals surface area contributed by atoms with Gasteiger partial charge in [-0.15, -0.1) is 0 Å². The van der Waals surface area contributed by atoms with E-state index in [9.17, 15) is 0 Å². The van der Waals surface area contributed by atoms with Gasteiger partial charge in [0, 0.05) is 19.1 Å². The third kappa shape index (κ3) is 3.14. The van der Waals surface area contributed by atoms with Crippen LogP contribution >= 0.6 is 0 Å². The molecule has 1 atom stereocenters. The summed E-state index contributed by atoms with van der Waals surface area (Å²) in [6, 6.07) is 7.18. The molecule has 0 aromatic carbocycles.